The van der Waals surface area contributed by atoms with Gasteiger partial charge < -0.3 is 5.11 Å². The number of rotatable bonds is 5. The molecule has 3 aromatic rings. The Labute approximate surface area is 200 Å². The van der Waals surface area contributed by atoms with Crippen molar-refractivity contribution in [2.24, 2.45) is 5.10 Å². The van der Waals surface area contributed by atoms with Gasteiger partial charge in [-0.15, -0.1) is 10.6 Å². The van der Waals surface area contributed by atoms with Gasteiger partial charge in [0.05, 0.1) is 18.9 Å². The van der Waals surface area contributed by atoms with E-state index in [1.807, 2.05) is 0 Å². The Hall–Kier alpha value is -4.15. The maximum Gasteiger partial charge on any atom is 0.325 e. The minimum absolute atomic E-state index is 0.0919. The summed E-state index contributed by atoms with van der Waals surface area (Å²) >= 11 is 0. The van der Waals surface area contributed by atoms with Crippen molar-refractivity contribution in [3.8, 4) is 11.8 Å². The lowest BCUT2D eigenvalue weighted by molar-refractivity contribution is -0.207. The molecule has 1 atom stereocenters. The number of hydrazine groups is 2. The van der Waals surface area contributed by atoms with Crippen LogP contribution in [0.5, 0.6) is 0 Å². The van der Waals surface area contributed by atoms with E-state index in [9.17, 15) is 22.7 Å². The van der Waals surface area contributed by atoms with Crippen LogP contribution in [0.1, 0.15) is 22.5 Å². The van der Waals surface area contributed by atoms with Crippen LogP contribution in [-0.2, 0) is 11.5 Å². The Morgan fingerprint density at radius 1 is 0.944 bits per heavy atom. The lowest BCUT2D eigenvalue weighted by atomic mass is 9.84. The lowest BCUT2D eigenvalue weighted by Crippen LogP contribution is -2.55. The van der Waals surface area contributed by atoms with Crippen molar-refractivity contribution < 1.29 is 31.4 Å². The molecule has 186 valence electrons. The van der Waals surface area contributed by atoms with Gasteiger partial charge >= 0.3 is 5.92 Å². The van der Waals surface area contributed by atoms with Crippen molar-refractivity contribution in [3.63, 3.8) is 0 Å². The molecule has 1 unspecified atom stereocenters. The minimum atomic E-state index is -4.25. The van der Waals surface area contributed by atoms with E-state index in [0.29, 0.717) is 18.3 Å². The van der Waals surface area contributed by atoms with Crippen LogP contribution in [0.3, 0.4) is 0 Å². The molecule has 0 bridgehead atoms. The molecule has 2 heterocycles. The zero-order chi connectivity index (χ0) is 26.1. The molecular formula is C23H16F6N6O. The van der Waals surface area contributed by atoms with Gasteiger partial charge in [0.1, 0.15) is 29.4 Å². The summed E-state index contributed by atoms with van der Waals surface area (Å²) in [6, 6.07) is 4.76. The summed E-state index contributed by atoms with van der Waals surface area (Å²) in [6.45, 7) is -0.921. The number of hydrogen-bond donors (Lipinski definition) is 2. The Morgan fingerprint density at radius 3 is 2.33 bits per heavy atom. The highest BCUT2D eigenvalue weighted by molar-refractivity contribution is 5.55. The van der Waals surface area contributed by atoms with Crippen molar-refractivity contribution in [3.05, 3.63) is 94.6 Å². The van der Waals surface area contributed by atoms with Gasteiger partial charge in [0.25, 0.3) is 0 Å². The fourth-order valence-electron chi connectivity index (χ4n) is 3.36. The normalized spacial score (nSPS) is 15.0. The number of halogens is 6. The number of aliphatic hydroxyl groups is 1. The Balaban J connectivity index is 1.68. The molecule has 0 amide bonds. The molecule has 0 aliphatic carbocycles. The van der Waals surface area contributed by atoms with Crippen LogP contribution in [0.15, 0.2) is 53.9 Å². The van der Waals surface area contributed by atoms with E-state index in [-0.39, 0.29) is 11.3 Å². The Bertz CT molecular complexity index is 1370. The van der Waals surface area contributed by atoms with Gasteiger partial charge in [-0.3, -0.25) is 9.99 Å². The number of benzene rings is 2. The molecule has 7 nitrogen and oxygen atoms in total. The van der Waals surface area contributed by atoms with Gasteiger partial charge in [-0.1, -0.05) is 5.92 Å². The number of aromatic nitrogens is 2. The SMILES string of the molecule is CN1N=CN(CC(O)(c2ccc(F)cc2F)C(F)(F)c2cnc(C#Cc3ccc(F)c(F)c3)cn2)N1. The van der Waals surface area contributed by atoms with Crippen molar-refractivity contribution in [1.29, 1.82) is 0 Å². The second-order valence-electron chi connectivity index (χ2n) is 7.71. The van der Waals surface area contributed by atoms with Crippen LogP contribution in [0.25, 0.3) is 0 Å². The van der Waals surface area contributed by atoms with Crippen molar-refractivity contribution >= 4 is 6.34 Å². The van der Waals surface area contributed by atoms with Crippen molar-refractivity contribution in [2.75, 3.05) is 13.6 Å². The highest BCUT2D eigenvalue weighted by Gasteiger charge is 2.58. The molecule has 0 fully saturated rings. The first-order valence-electron chi connectivity index (χ1n) is 10.2. The van der Waals surface area contributed by atoms with E-state index in [1.54, 1.807) is 0 Å². The standard InChI is InChI=1S/C23H16F6N6O/c1-34-32-13-35(33-34)12-22(36,17-6-4-15(24)9-19(17)26)23(28,29)21-11-30-16(10-31-21)5-2-14-3-7-18(25)20(27)8-14/h3-4,6-11,13,33,36H,12H2,1H3. The minimum Gasteiger partial charge on any atom is -0.377 e. The van der Waals surface area contributed by atoms with E-state index in [1.165, 1.54) is 13.1 Å². The first-order valence-corrected chi connectivity index (χ1v) is 10.2. The molecule has 1 aliphatic rings. The first kappa shape index (κ1) is 25.0. The third-order valence-corrected chi connectivity index (χ3v) is 5.16. The van der Waals surface area contributed by atoms with Gasteiger partial charge in [0.15, 0.2) is 17.2 Å². The summed E-state index contributed by atoms with van der Waals surface area (Å²) in [5, 5.41) is 17.1. The number of hydrogen-bond acceptors (Lipinski definition) is 7. The molecule has 0 spiro atoms. The third-order valence-electron chi connectivity index (χ3n) is 5.16. The maximum absolute atomic E-state index is 15.7. The average Bonchev–Trinajstić information content (AvgIpc) is 3.24. The Morgan fingerprint density at radius 2 is 1.72 bits per heavy atom. The Kier molecular flexibility index (Phi) is 6.57. The summed E-state index contributed by atoms with van der Waals surface area (Å²) in [5.41, 5.74) is -2.63. The topological polar surface area (TPSA) is 76.9 Å². The summed E-state index contributed by atoms with van der Waals surface area (Å²) in [6.07, 6.45) is 2.60. The number of β-amino-alcohol motifs (C(OH)–C–C–N with tert-alkyl or cyclic N) is 1. The molecule has 0 saturated carbocycles. The van der Waals surface area contributed by atoms with Crippen LogP contribution in [-0.4, -0.2) is 45.1 Å². The van der Waals surface area contributed by atoms with E-state index >= 15 is 8.78 Å². The molecule has 0 radical (unpaired) electrons. The van der Waals surface area contributed by atoms with E-state index in [0.717, 1.165) is 40.9 Å². The molecular weight excluding hydrogens is 490 g/mol. The molecule has 1 aliphatic heterocycles. The number of nitrogens with one attached hydrogen (secondary N) is 1. The summed E-state index contributed by atoms with van der Waals surface area (Å²) in [7, 11) is 1.46. The molecule has 13 heteroatoms. The molecule has 2 N–H and O–H groups in total. The molecule has 2 aromatic carbocycles. The van der Waals surface area contributed by atoms with Crippen molar-refractivity contribution in [2.45, 2.75) is 11.5 Å². The number of nitrogens with zero attached hydrogens (tertiary/aromatic N) is 5. The van der Waals surface area contributed by atoms with Crippen LogP contribution >= 0.6 is 0 Å². The lowest BCUT2D eigenvalue weighted by Gasteiger charge is -2.38. The van der Waals surface area contributed by atoms with Gasteiger partial charge in [-0.25, -0.2) is 27.7 Å². The quantitative estimate of drug-likeness (QED) is 0.410. The predicted molar refractivity (Wildman–Crippen MR) is 115 cm³/mol. The van der Waals surface area contributed by atoms with E-state index < -0.39 is 52.6 Å². The van der Waals surface area contributed by atoms with Crippen LogP contribution in [0, 0.1) is 35.1 Å². The second-order valence-corrected chi connectivity index (χ2v) is 7.71. The maximum atomic E-state index is 15.7. The van der Waals surface area contributed by atoms with Gasteiger partial charge in [0, 0.05) is 24.2 Å². The van der Waals surface area contributed by atoms with E-state index in [2.05, 4.69) is 32.4 Å². The largest absolute Gasteiger partial charge is 0.377 e. The second kappa shape index (κ2) is 9.48. The fourth-order valence-corrected chi connectivity index (χ4v) is 3.36. The highest BCUT2D eigenvalue weighted by Crippen LogP contribution is 2.46. The predicted octanol–water partition coefficient (Wildman–Crippen LogP) is 3.02. The molecule has 36 heavy (non-hydrogen) atoms. The number of hydrazone groups is 1. The number of alkyl halides is 2. The fraction of sp³-hybridized carbons (Fsp3) is 0.174. The smallest absolute Gasteiger partial charge is 0.325 e. The van der Waals surface area contributed by atoms with Crippen LogP contribution in [0.2, 0.25) is 0 Å². The van der Waals surface area contributed by atoms with Gasteiger partial charge in [-0.05, 0) is 36.3 Å². The molecule has 1 aromatic heterocycles. The zero-order valence-corrected chi connectivity index (χ0v) is 18.4. The monoisotopic (exact) mass is 506 g/mol. The summed E-state index contributed by atoms with van der Waals surface area (Å²) < 4.78 is 85.9. The van der Waals surface area contributed by atoms with Crippen LogP contribution < -0.4 is 5.53 Å². The third kappa shape index (κ3) is 4.81. The van der Waals surface area contributed by atoms with Crippen molar-refractivity contribution in [1.82, 2.24) is 25.6 Å². The molecule has 0 saturated heterocycles. The van der Waals surface area contributed by atoms with Crippen LogP contribution in [0.4, 0.5) is 26.3 Å². The average molecular weight is 506 g/mol. The summed E-state index contributed by atoms with van der Waals surface area (Å²) in [4.78, 5) is 7.41. The first-order chi connectivity index (χ1) is 17.0. The van der Waals surface area contributed by atoms with E-state index in [4.69, 9.17) is 0 Å². The van der Waals surface area contributed by atoms with Gasteiger partial charge in [0.2, 0.25) is 0 Å². The highest BCUT2D eigenvalue weighted by atomic mass is 19.3. The summed E-state index contributed by atoms with van der Waals surface area (Å²) in [5.74, 6) is -3.87. The van der Waals surface area contributed by atoms with Gasteiger partial charge in [-0.2, -0.15) is 8.78 Å². The zero-order valence-electron chi connectivity index (χ0n) is 18.4. The molecule has 4 rings (SSSR count).